The third-order valence-corrected chi connectivity index (χ3v) is 5.99. The van der Waals surface area contributed by atoms with Gasteiger partial charge in [-0.15, -0.1) is 0 Å². The zero-order chi connectivity index (χ0) is 22.0. The smallest absolute Gasteiger partial charge is 0.278 e. The van der Waals surface area contributed by atoms with Gasteiger partial charge >= 0.3 is 0 Å². The monoisotopic (exact) mass is 441 g/mol. The molecule has 0 bridgehead atoms. The number of carbonyl (C=O) groups is 1. The van der Waals surface area contributed by atoms with E-state index in [1.165, 1.54) is 0 Å². The fourth-order valence-electron chi connectivity index (χ4n) is 3.79. The molecule has 2 atom stereocenters. The van der Waals surface area contributed by atoms with Crippen molar-refractivity contribution in [2.24, 2.45) is 0 Å². The van der Waals surface area contributed by atoms with Crippen LogP contribution in [0.15, 0.2) is 35.2 Å². The SMILES string of the molecule is Cc1cc(O[C@H](C)C(=O)N2CCC[C@H](c3noc(-c4cnccn4)n3)C2)cc(C)c1Cl. The Morgan fingerprint density at radius 2 is 2.06 bits per heavy atom. The summed E-state index contributed by atoms with van der Waals surface area (Å²) in [5, 5.41) is 4.83. The van der Waals surface area contributed by atoms with Gasteiger partial charge in [0.05, 0.1) is 6.20 Å². The zero-order valence-corrected chi connectivity index (χ0v) is 18.5. The highest BCUT2D eigenvalue weighted by molar-refractivity contribution is 6.32. The first-order chi connectivity index (χ1) is 14.9. The highest BCUT2D eigenvalue weighted by Crippen LogP contribution is 2.29. The second-order valence-corrected chi connectivity index (χ2v) is 8.18. The molecule has 31 heavy (non-hydrogen) atoms. The first-order valence-corrected chi connectivity index (χ1v) is 10.6. The van der Waals surface area contributed by atoms with Crippen molar-refractivity contribution in [3.8, 4) is 17.3 Å². The van der Waals surface area contributed by atoms with Crippen molar-refractivity contribution < 1.29 is 14.1 Å². The number of benzene rings is 1. The van der Waals surface area contributed by atoms with Crippen molar-refractivity contribution in [2.75, 3.05) is 13.1 Å². The maximum absolute atomic E-state index is 13.0. The largest absolute Gasteiger partial charge is 0.481 e. The minimum atomic E-state index is -0.612. The van der Waals surface area contributed by atoms with Crippen molar-refractivity contribution in [3.05, 3.63) is 52.7 Å². The Bertz CT molecular complexity index is 1050. The normalized spacial score (nSPS) is 17.4. The Kier molecular flexibility index (Phi) is 6.18. The van der Waals surface area contributed by atoms with Gasteiger partial charge in [0.1, 0.15) is 11.4 Å². The molecule has 4 rings (SSSR count). The minimum absolute atomic E-state index is 0.000841. The van der Waals surface area contributed by atoms with Crippen LogP contribution in [0.1, 0.15) is 42.6 Å². The lowest BCUT2D eigenvalue weighted by atomic mass is 9.97. The van der Waals surface area contributed by atoms with E-state index >= 15 is 0 Å². The standard InChI is InChI=1S/C22H24ClN5O3/c1-13-9-17(10-14(2)19(13)23)30-15(3)22(29)28-8-4-5-16(12-28)20-26-21(31-27-20)18-11-24-6-7-25-18/h6-7,9-11,15-16H,4-5,8,12H2,1-3H3/t15-,16+/m1/s1. The summed E-state index contributed by atoms with van der Waals surface area (Å²) in [6.07, 6.45) is 5.87. The molecule has 9 heteroatoms. The van der Waals surface area contributed by atoms with Gasteiger partial charge in [0.2, 0.25) is 0 Å². The van der Waals surface area contributed by atoms with E-state index in [0.717, 1.165) is 24.0 Å². The minimum Gasteiger partial charge on any atom is -0.481 e. The number of carbonyl (C=O) groups excluding carboxylic acids is 1. The molecule has 162 valence electrons. The van der Waals surface area contributed by atoms with Gasteiger partial charge in [0, 0.05) is 36.4 Å². The third-order valence-electron chi connectivity index (χ3n) is 5.39. The Balaban J connectivity index is 1.42. The van der Waals surface area contributed by atoms with Crippen molar-refractivity contribution in [3.63, 3.8) is 0 Å². The molecule has 0 spiro atoms. The lowest BCUT2D eigenvalue weighted by molar-refractivity contribution is -0.139. The number of likely N-dealkylation sites (tertiary alicyclic amines) is 1. The molecule has 0 radical (unpaired) electrons. The van der Waals surface area contributed by atoms with Gasteiger partial charge in [-0.25, -0.2) is 4.98 Å². The lowest BCUT2D eigenvalue weighted by Crippen LogP contribution is -2.45. The number of hydrogen-bond acceptors (Lipinski definition) is 7. The maximum atomic E-state index is 13.0. The first-order valence-electron chi connectivity index (χ1n) is 10.2. The zero-order valence-electron chi connectivity index (χ0n) is 17.7. The Morgan fingerprint density at radius 1 is 1.29 bits per heavy atom. The summed E-state index contributed by atoms with van der Waals surface area (Å²) in [5.41, 5.74) is 2.37. The number of rotatable bonds is 5. The molecule has 0 aliphatic carbocycles. The van der Waals surface area contributed by atoms with E-state index in [1.807, 2.05) is 30.9 Å². The van der Waals surface area contributed by atoms with E-state index in [9.17, 15) is 4.79 Å². The molecule has 1 fully saturated rings. The number of piperidine rings is 1. The molecule has 0 N–H and O–H groups in total. The number of aromatic nitrogens is 4. The quantitative estimate of drug-likeness (QED) is 0.591. The number of ether oxygens (including phenoxy) is 1. The molecule has 1 aliphatic heterocycles. The number of hydrogen-bond donors (Lipinski definition) is 0. The topological polar surface area (TPSA) is 94.2 Å². The summed E-state index contributed by atoms with van der Waals surface area (Å²) in [6.45, 7) is 6.81. The van der Waals surface area contributed by atoms with Gasteiger partial charge < -0.3 is 14.2 Å². The van der Waals surface area contributed by atoms with Crippen LogP contribution >= 0.6 is 11.6 Å². The van der Waals surface area contributed by atoms with Gasteiger partial charge in [0.25, 0.3) is 11.8 Å². The Hall–Kier alpha value is -3.00. The Morgan fingerprint density at radius 3 is 2.77 bits per heavy atom. The molecule has 1 amide bonds. The van der Waals surface area contributed by atoms with Crippen LogP contribution in [0.5, 0.6) is 5.75 Å². The average molecular weight is 442 g/mol. The van der Waals surface area contributed by atoms with Gasteiger partial charge in [-0.1, -0.05) is 16.8 Å². The second-order valence-electron chi connectivity index (χ2n) is 7.80. The number of aryl methyl sites for hydroxylation is 2. The van der Waals surface area contributed by atoms with E-state index in [4.69, 9.17) is 20.9 Å². The van der Waals surface area contributed by atoms with Crippen LogP contribution in [0.2, 0.25) is 5.02 Å². The van der Waals surface area contributed by atoms with E-state index in [-0.39, 0.29) is 11.8 Å². The van der Waals surface area contributed by atoms with Crippen LogP contribution in [-0.4, -0.2) is 50.1 Å². The predicted molar refractivity (Wildman–Crippen MR) is 115 cm³/mol. The van der Waals surface area contributed by atoms with Crippen LogP contribution in [0.4, 0.5) is 0 Å². The first kappa shape index (κ1) is 21.2. The molecule has 8 nitrogen and oxygen atoms in total. The van der Waals surface area contributed by atoms with Crippen LogP contribution in [0.25, 0.3) is 11.6 Å². The molecule has 1 aromatic carbocycles. The van der Waals surface area contributed by atoms with E-state index < -0.39 is 6.10 Å². The fraction of sp³-hybridized carbons (Fsp3) is 0.409. The Labute approximate surface area is 185 Å². The summed E-state index contributed by atoms with van der Waals surface area (Å²) >= 11 is 6.23. The van der Waals surface area contributed by atoms with Crippen molar-refractivity contribution >= 4 is 17.5 Å². The number of nitrogens with zero attached hydrogens (tertiary/aromatic N) is 5. The van der Waals surface area contributed by atoms with Crippen LogP contribution in [0, 0.1) is 13.8 Å². The molecule has 0 saturated carbocycles. The molecule has 0 unspecified atom stereocenters. The van der Waals surface area contributed by atoms with Crippen LogP contribution in [0.3, 0.4) is 0 Å². The van der Waals surface area contributed by atoms with Crippen LogP contribution in [-0.2, 0) is 4.79 Å². The number of halogens is 1. The van der Waals surface area contributed by atoms with Crippen molar-refractivity contribution in [1.29, 1.82) is 0 Å². The van der Waals surface area contributed by atoms with Crippen molar-refractivity contribution in [2.45, 2.75) is 45.6 Å². The molecule has 1 aliphatic rings. The third kappa shape index (κ3) is 4.69. The highest BCUT2D eigenvalue weighted by Gasteiger charge is 2.31. The van der Waals surface area contributed by atoms with Gasteiger partial charge in [-0.3, -0.25) is 9.78 Å². The molecule has 1 saturated heterocycles. The summed E-state index contributed by atoms with van der Waals surface area (Å²) in [4.78, 5) is 27.5. The van der Waals surface area contributed by atoms with E-state index in [2.05, 4.69) is 20.1 Å². The molecule has 3 aromatic rings. The molecular weight excluding hydrogens is 418 g/mol. The lowest BCUT2D eigenvalue weighted by Gasteiger charge is -2.33. The molecular formula is C22H24ClN5O3. The predicted octanol–water partition coefficient (Wildman–Crippen LogP) is 3.97. The highest BCUT2D eigenvalue weighted by atomic mass is 35.5. The van der Waals surface area contributed by atoms with Gasteiger partial charge in [0.15, 0.2) is 11.9 Å². The second kappa shape index (κ2) is 9.01. The summed E-state index contributed by atoms with van der Waals surface area (Å²) in [5.74, 6) is 1.49. The van der Waals surface area contributed by atoms with Crippen LogP contribution < -0.4 is 4.74 Å². The summed E-state index contributed by atoms with van der Waals surface area (Å²) in [7, 11) is 0. The fourth-order valence-corrected chi connectivity index (χ4v) is 3.90. The van der Waals surface area contributed by atoms with E-state index in [0.29, 0.717) is 41.3 Å². The van der Waals surface area contributed by atoms with Gasteiger partial charge in [-0.2, -0.15) is 4.98 Å². The number of amides is 1. The van der Waals surface area contributed by atoms with Crippen molar-refractivity contribution in [1.82, 2.24) is 25.0 Å². The maximum Gasteiger partial charge on any atom is 0.278 e. The average Bonchev–Trinajstić information content (AvgIpc) is 3.28. The summed E-state index contributed by atoms with van der Waals surface area (Å²) < 4.78 is 11.3. The van der Waals surface area contributed by atoms with E-state index in [1.54, 1.807) is 25.5 Å². The summed E-state index contributed by atoms with van der Waals surface area (Å²) in [6, 6.07) is 3.71. The molecule has 3 heterocycles. The van der Waals surface area contributed by atoms with Gasteiger partial charge in [-0.05, 0) is 56.9 Å². The molecule has 2 aromatic heterocycles.